The van der Waals surface area contributed by atoms with Crippen molar-refractivity contribution in [1.82, 2.24) is 69.8 Å². The highest BCUT2D eigenvalue weighted by atomic mass is 16.5. The van der Waals surface area contributed by atoms with Gasteiger partial charge in [-0.3, -0.25) is 23.9 Å². The summed E-state index contributed by atoms with van der Waals surface area (Å²) >= 11 is 0. The Morgan fingerprint density at radius 3 is 1.73 bits per heavy atom. The number of anilines is 2. The minimum absolute atomic E-state index is 0.0878. The highest BCUT2D eigenvalue weighted by Crippen LogP contribution is 2.43. The number of aliphatic carboxylic acids is 1. The molecule has 0 unspecified atom stereocenters. The number of nitrogens with zero attached hydrogens (tertiary/aromatic N) is 12. The molecule has 0 spiro atoms. The van der Waals surface area contributed by atoms with Gasteiger partial charge in [0.25, 0.3) is 0 Å². The number of hydrogen-bond acceptors (Lipinski definition) is 15. The Hall–Kier alpha value is -9.35. The van der Waals surface area contributed by atoms with E-state index in [0.29, 0.717) is 69.2 Å². The van der Waals surface area contributed by atoms with Crippen molar-refractivity contribution < 1.29 is 33.8 Å². The monoisotopic (exact) mass is 1290 g/mol. The summed E-state index contributed by atoms with van der Waals surface area (Å²) < 4.78 is 14.4. The first-order valence-corrected chi connectivity index (χ1v) is 33.5. The van der Waals surface area contributed by atoms with Crippen LogP contribution in [0.15, 0.2) is 97.2 Å². The Morgan fingerprint density at radius 1 is 0.600 bits per heavy atom. The maximum absolute atomic E-state index is 13.8. The molecule has 502 valence electrons. The first kappa shape index (κ1) is 67.1. The van der Waals surface area contributed by atoms with Crippen molar-refractivity contribution in [3.8, 4) is 45.7 Å². The molecule has 9 aromatic rings. The molecule has 5 aromatic carbocycles. The van der Waals surface area contributed by atoms with Gasteiger partial charge in [0.2, 0.25) is 17.7 Å². The van der Waals surface area contributed by atoms with E-state index < -0.39 is 18.4 Å². The summed E-state index contributed by atoms with van der Waals surface area (Å²) in [5.74, 6) is 1.72. The number of ether oxygens (including phenoxy) is 2. The fraction of sp³-hybridized carbons (Fsp3) is 0.458. The normalized spacial score (nSPS) is 14.3. The minimum Gasteiger partial charge on any atom is -0.494 e. The largest absolute Gasteiger partial charge is 0.494 e. The van der Waals surface area contributed by atoms with Crippen molar-refractivity contribution >= 4 is 68.2 Å². The molecule has 23 heteroatoms. The molecule has 0 atom stereocenters. The van der Waals surface area contributed by atoms with Crippen LogP contribution >= 0.6 is 0 Å². The van der Waals surface area contributed by atoms with Crippen molar-refractivity contribution in [2.45, 2.75) is 111 Å². The number of amides is 3. The number of H-pyrrole nitrogens is 3. The van der Waals surface area contributed by atoms with Crippen LogP contribution in [0.2, 0.25) is 0 Å². The smallest absolute Gasteiger partial charge is 0.323 e. The highest BCUT2D eigenvalue weighted by Gasteiger charge is 2.30. The second-order valence-electron chi connectivity index (χ2n) is 27.4. The number of fused-ring (bicyclic) bond motifs is 3. The molecule has 3 amide bonds. The number of carbonyl (C=O) groups is 4. The van der Waals surface area contributed by atoms with Crippen LogP contribution in [0.1, 0.15) is 104 Å². The van der Waals surface area contributed by atoms with Crippen LogP contribution in [0.5, 0.6) is 11.5 Å². The van der Waals surface area contributed by atoms with Crippen LogP contribution in [0.3, 0.4) is 0 Å². The SMILES string of the molecule is CCCN(CC(=O)N(CC(=O)O)Cc1cn(CCCNC(=O)CCCOc2c(C(C)(C)C)cc(-c3nc4ccc(N5CCN(C)CC5)cc4[nH]3)cc2C(C)(C)C)nn1)C(=O)CCCOc1cccc(-c2nc3ccc(-c4nc5ccc(N6CCN(C)CC6)cc5[nH]4)cc3[nH]2)c1. The first-order chi connectivity index (χ1) is 45.6. The van der Waals surface area contributed by atoms with Gasteiger partial charge < -0.3 is 64.2 Å². The number of aromatic nitrogens is 9. The highest BCUT2D eigenvalue weighted by molar-refractivity contribution is 5.89. The summed E-state index contributed by atoms with van der Waals surface area (Å²) in [6.45, 7) is 24.0. The van der Waals surface area contributed by atoms with E-state index in [1.165, 1.54) is 21.2 Å². The van der Waals surface area contributed by atoms with Gasteiger partial charge in [0.05, 0.1) is 65.6 Å². The predicted octanol–water partition coefficient (Wildman–Crippen LogP) is 9.88. The number of rotatable bonds is 27. The zero-order valence-corrected chi connectivity index (χ0v) is 56.6. The number of aromatic amines is 3. The lowest BCUT2D eigenvalue weighted by Crippen LogP contribution is -2.44. The van der Waals surface area contributed by atoms with Crippen molar-refractivity contribution in [1.29, 1.82) is 0 Å². The molecular formula is C72H92N16O7. The number of carboxylic acid groups (broad SMARTS) is 1. The molecule has 0 saturated carbocycles. The number of carbonyl (C=O) groups excluding carboxylic acids is 3. The maximum Gasteiger partial charge on any atom is 0.323 e. The quantitative estimate of drug-likeness (QED) is 0.0300. The van der Waals surface area contributed by atoms with Gasteiger partial charge >= 0.3 is 5.97 Å². The Balaban J connectivity index is 0.614. The van der Waals surface area contributed by atoms with Crippen molar-refractivity contribution in [3.05, 3.63) is 114 Å². The van der Waals surface area contributed by atoms with E-state index in [-0.39, 0.29) is 55.2 Å². The van der Waals surface area contributed by atoms with E-state index in [1.54, 1.807) is 10.9 Å². The third-order valence-corrected chi connectivity index (χ3v) is 17.8. The number of benzene rings is 5. The van der Waals surface area contributed by atoms with Gasteiger partial charge in [0.1, 0.15) is 41.2 Å². The van der Waals surface area contributed by atoms with E-state index in [1.807, 2.05) is 43.3 Å². The van der Waals surface area contributed by atoms with Crippen molar-refractivity contribution in [2.75, 3.05) is 116 Å². The molecule has 6 heterocycles. The van der Waals surface area contributed by atoms with Gasteiger partial charge in [-0.1, -0.05) is 65.8 Å². The molecule has 0 bridgehead atoms. The lowest BCUT2D eigenvalue weighted by atomic mass is 9.78. The van der Waals surface area contributed by atoms with Crippen LogP contribution in [-0.4, -0.2) is 199 Å². The summed E-state index contributed by atoms with van der Waals surface area (Å²) in [4.78, 5) is 90.2. The summed E-state index contributed by atoms with van der Waals surface area (Å²) in [7, 11) is 4.33. The van der Waals surface area contributed by atoms with Gasteiger partial charge in [0.15, 0.2) is 0 Å². The molecule has 0 aliphatic carbocycles. The average molecular weight is 1290 g/mol. The van der Waals surface area contributed by atoms with E-state index in [9.17, 15) is 24.3 Å². The van der Waals surface area contributed by atoms with E-state index in [4.69, 9.17) is 24.4 Å². The van der Waals surface area contributed by atoms with E-state index in [2.05, 4.69) is 160 Å². The molecule has 2 saturated heterocycles. The Kier molecular flexibility index (Phi) is 20.8. The average Bonchev–Trinajstić information content (AvgIpc) is 1.71. The van der Waals surface area contributed by atoms with Gasteiger partial charge in [0, 0.05) is 124 Å². The van der Waals surface area contributed by atoms with Crippen LogP contribution in [0.25, 0.3) is 67.3 Å². The Morgan fingerprint density at radius 2 is 1.15 bits per heavy atom. The molecule has 2 fully saturated rings. The van der Waals surface area contributed by atoms with Gasteiger partial charge in [-0.2, -0.15) is 0 Å². The molecule has 2 aliphatic rings. The Bertz CT molecular complexity index is 4120. The number of hydrogen-bond donors (Lipinski definition) is 5. The molecule has 11 rings (SSSR count). The summed E-state index contributed by atoms with van der Waals surface area (Å²) in [6, 6.07) is 31.0. The maximum atomic E-state index is 13.8. The third-order valence-electron chi connectivity index (χ3n) is 17.8. The Labute approximate surface area is 555 Å². The van der Waals surface area contributed by atoms with Crippen LogP contribution in [0.4, 0.5) is 11.4 Å². The lowest BCUT2D eigenvalue weighted by Gasteiger charge is -2.34. The molecule has 5 N–H and O–H groups in total. The van der Waals surface area contributed by atoms with Gasteiger partial charge in [-0.05, 0) is 129 Å². The standard InChI is InChI=1S/C72H92N16O7/c1-10-26-86(64(90)18-13-36-94-54-16-11-15-48(38-54)68-74-57-22-19-49(41-60(57)77-68)69-75-58-23-20-52(42-61(58)78-69)84-32-28-82(8)29-33-84)46-65(91)87(47-66(92)93)44-51-45-88(81-80-51)27-14-25-73-63(89)17-12-37-95-67-55(71(2,3)4)39-50(40-56(67)72(5,6)7)70-76-59-24-21-53(43-62(59)79-70)85-34-30-83(9)31-35-85/h11,15-16,19-24,38-43,45H,10,12-14,17-18,25-37,44,46-47H2,1-9H3,(H,73,89)(H,74,77)(H,75,78)(H,76,79)(H,92,93). The molecule has 95 heavy (non-hydrogen) atoms. The predicted molar refractivity (Wildman–Crippen MR) is 372 cm³/mol. The number of carboxylic acids is 1. The number of likely N-dealkylation sites (N-methyl/N-ethyl adjacent to an activating group) is 2. The molecule has 4 aromatic heterocycles. The van der Waals surface area contributed by atoms with Crippen LogP contribution in [0, 0.1) is 0 Å². The fourth-order valence-electron chi connectivity index (χ4n) is 12.3. The number of imidazole rings is 3. The van der Waals surface area contributed by atoms with Crippen LogP contribution < -0.4 is 24.6 Å². The third kappa shape index (κ3) is 17.0. The van der Waals surface area contributed by atoms with Gasteiger partial charge in [-0.25, -0.2) is 15.0 Å². The zero-order chi connectivity index (χ0) is 67.0. The first-order valence-electron chi connectivity index (χ1n) is 33.5. The lowest BCUT2D eigenvalue weighted by molar-refractivity contribution is -0.147. The fourth-order valence-corrected chi connectivity index (χ4v) is 12.3. The summed E-state index contributed by atoms with van der Waals surface area (Å²) in [5, 5.41) is 21.3. The zero-order valence-electron chi connectivity index (χ0n) is 56.6. The van der Waals surface area contributed by atoms with Crippen molar-refractivity contribution in [2.24, 2.45) is 0 Å². The molecule has 0 radical (unpaired) electrons. The number of aryl methyl sites for hydroxylation is 1. The summed E-state index contributed by atoms with van der Waals surface area (Å²) in [6.07, 6.45) is 4.15. The van der Waals surface area contributed by atoms with E-state index >= 15 is 0 Å². The topological polar surface area (TPSA) is 255 Å². The molecular weight excluding hydrogens is 1200 g/mol. The number of nitrogens with one attached hydrogen (secondary N) is 4. The van der Waals surface area contributed by atoms with Crippen molar-refractivity contribution in [3.63, 3.8) is 0 Å². The molecule has 2 aliphatic heterocycles. The van der Waals surface area contributed by atoms with E-state index in [0.717, 1.165) is 131 Å². The molecule has 23 nitrogen and oxygen atoms in total. The number of piperazine rings is 2. The van der Waals surface area contributed by atoms with Gasteiger partial charge in [-0.15, -0.1) is 5.10 Å². The van der Waals surface area contributed by atoms with Crippen LogP contribution in [-0.2, 0) is 43.1 Å². The second kappa shape index (κ2) is 29.5. The minimum atomic E-state index is -1.19. The summed E-state index contributed by atoms with van der Waals surface area (Å²) in [5.41, 5.74) is 12.8. The second-order valence-corrected chi connectivity index (χ2v) is 27.4.